The monoisotopic (exact) mass is 392 g/mol. The van der Waals surface area contributed by atoms with Gasteiger partial charge in [0, 0.05) is 30.8 Å². The van der Waals surface area contributed by atoms with Crippen molar-refractivity contribution in [3.05, 3.63) is 59.7 Å². The Kier molecular flexibility index (Phi) is 5.87. The van der Waals surface area contributed by atoms with Gasteiger partial charge in [-0.3, -0.25) is 9.59 Å². The minimum atomic E-state index is -4.41. The maximum absolute atomic E-state index is 12.3. The number of alkyl halides is 3. The lowest BCUT2D eigenvalue weighted by Gasteiger charge is -2.16. The highest BCUT2D eigenvalue weighted by molar-refractivity contribution is 5.97. The lowest BCUT2D eigenvalue weighted by Crippen LogP contribution is -2.25. The smallest absolute Gasteiger partial charge is 0.422 e. The zero-order valence-corrected chi connectivity index (χ0v) is 15.0. The molecule has 1 heterocycles. The molecular formula is C20H19F3N2O3. The lowest BCUT2D eigenvalue weighted by molar-refractivity contribution is -0.153. The molecule has 0 aromatic heterocycles. The number of nitrogens with one attached hydrogen (secondary N) is 1. The minimum Gasteiger partial charge on any atom is -0.484 e. The number of hydrogen-bond donors (Lipinski definition) is 1. The molecule has 0 saturated carbocycles. The highest BCUT2D eigenvalue weighted by Crippen LogP contribution is 2.22. The first-order chi connectivity index (χ1) is 13.3. The molecule has 1 fully saturated rings. The topological polar surface area (TPSA) is 58.6 Å². The maximum atomic E-state index is 12.3. The van der Waals surface area contributed by atoms with Gasteiger partial charge in [-0.15, -0.1) is 0 Å². The van der Waals surface area contributed by atoms with Crippen molar-refractivity contribution in [3.8, 4) is 5.75 Å². The van der Waals surface area contributed by atoms with Gasteiger partial charge in [-0.05, 0) is 48.4 Å². The Labute approximate surface area is 160 Å². The molecule has 5 nitrogen and oxygen atoms in total. The van der Waals surface area contributed by atoms with Gasteiger partial charge in [0.1, 0.15) is 5.75 Å². The number of amides is 2. The second-order valence-corrected chi connectivity index (χ2v) is 6.43. The highest BCUT2D eigenvalue weighted by Gasteiger charge is 2.28. The Bertz CT molecular complexity index is 851. The molecule has 1 aliphatic heterocycles. The molecule has 1 saturated heterocycles. The van der Waals surface area contributed by atoms with Gasteiger partial charge in [0.15, 0.2) is 6.61 Å². The van der Waals surface area contributed by atoms with Gasteiger partial charge >= 0.3 is 6.18 Å². The summed E-state index contributed by atoms with van der Waals surface area (Å²) in [4.78, 5) is 25.7. The van der Waals surface area contributed by atoms with Crippen LogP contribution in [0.25, 0.3) is 0 Å². The predicted octanol–water partition coefficient (Wildman–Crippen LogP) is 3.68. The number of ether oxygens (including phenoxy) is 1. The normalized spacial score (nSPS) is 14.2. The summed E-state index contributed by atoms with van der Waals surface area (Å²) in [6.07, 6.45) is -3.04. The number of nitrogens with zero attached hydrogens (tertiary/aromatic N) is 1. The van der Waals surface area contributed by atoms with E-state index in [2.05, 4.69) is 5.32 Å². The molecule has 0 spiro atoms. The van der Waals surface area contributed by atoms with Gasteiger partial charge < -0.3 is 15.0 Å². The van der Waals surface area contributed by atoms with Gasteiger partial charge in [0.25, 0.3) is 5.91 Å². The van der Waals surface area contributed by atoms with Crippen molar-refractivity contribution in [3.63, 3.8) is 0 Å². The first kappa shape index (κ1) is 19.7. The first-order valence-electron chi connectivity index (χ1n) is 8.79. The standard InChI is InChI=1S/C20H19F3N2O3/c21-20(22,23)13-28-17-4-1-3-14(11-17)12-24-19(27)15-6-8-16(9-7-15)25-10-2-5-18(25)26/h1,3-4,6-9,11H,2,5,10,12-13H2,(H,24,27). The summed E-state index contributed by atoms with van der Waals surface area (Å²) < 4.78 is 41.4. The average Bonchev–Trinajstić information content (AvgIpc) is 3.10. The van der Waals surface area contributed by atoms with Crippen LogP contribution >= 0.6 is 0 Å². The van der Waals surface area contributed by atoms with Crippen LogP contribution in [0.15, 0.2) is 48.5 Å². The molecule has 2 aromatic rings. The van der Waals surface area contributed by atoms with E-state index in [1.165, 1.54) is 12.1 Å². The Morgan fingerprint density at radius 3 is 2.54 bits per heavy atom. The summed E-state index contributed by atoms with van der Waals surface area (Å²) in [6, 6.07) is 12.9. The van der Waals surface area contributed by atoms with Gasteiger partial charge in [0.05, 0.1) is 0 Å². The molecular weight excluding hydrogens is 373 g/mol. The van der Waals surface area contributed by atoms with E-state index in [-0.39, 0.29) is 24.1 Å². The van der Waals surface area contributed by atoms with Crippen LogP contribution in [0.4, 0.5) is 18.9 Å². The van der Waals surface area contributed by atoms with Crippen LogP contribution in [0.5, 0.6) is 5.75 Å². The molecule has 0 atom stereocenters. The summed E-state index contributed by atoms with van der Waals surface area (Å²) in [5, 5.41) is 2.72. The van der Waals surface area contributed by atoms with Crippen LogP contribution in [0.3, 0.4) is 0 Å². The maximum Gasteiger partial charge on any atom is 0.422 e. The van der Waals surface area contributed by atoms with E-state index in [1.54, 1.807) is 41.3 Å². The fraction of sp³-hybridized carbons (Fsp3) is 0.300. The zero-order chi connectivity index (χ0) is 20.1. The van der Waals surface area contributed by atoms with Crippen molar-refractivity contribution in [1.29, 1.82) is 0 Å². The van der Waals surface area contributed by atoms with Crippen molar-refractivity contribution in [1.82, 2.24) is 5.32 Å². The van der Waals surface area contributed by atoms with Crippen LogP contribution in [-0.2, 0) is 11.3 Å². The summed E-state index contributed by atoms with van der Waals surface area (Å²) in [5.41, 5.74) is 1.81. The molecule has 1 aliphatic rings. The number of rotatable bonds is 6. The molecule has 0 aliphatic carbocycles. The number of hydrogen-bond acceptors (Lipinski definition) is 3. The van der Waals surface area contributed by atoms with E-state index < -0.39 is 12.8 Å². The summed E-state index contributed by atoms with van der Waals surface area (Å²) in [7, 11) is 0. The Hall–Kier alpha value is -3.03. The van der Waals surface area contributed by atoms with Crippen LogP contribution in [0, 0.1) is 0 Å². The Balaban J connectivity index is 1.56. The molecule has 8 heteroatoms. The number of carbonyl (C=O) groups is 2. The summed E-state index contributed by atoms with van der Waals surface area (Å²) >= 11 is 0. The first-order valence-corrected chi connectivity index (χ1v) is 8.79. The molecule has 1 N–H and O–H groups in total. The molecule has 3 rings (SSSR count). The van der Waals surface area contributed by atoms with Crippen LogP contribution in [0.1, 0.15) is 28.8 Å². The van der Waals surface area contributed by atoms with Crippen molar-refractivity contribution in [2.45, 2.75) is 25.6 Å². The molecule has 0 unspecified atom stereocenters. The summed E-state index contributed by atoms with van der Waals surface area (Å²) in [5.74, 6) is -0.158. The van der Waals surface area contributed by atoms with E-state index in [4.69, 9.17) is 4.74 Å². The number of halogens is 3. The van der Waals surface area contributed by atoms with Crippen molar-refractivity contribution < 1.29 is 27.5 Å². The van der Waals surface area contributed by atoms with Crippen molar-refractivity contribution in [2.75, 3.05) is 18.1 Å². The van der Waals surface area contributed by atoms with Gasteiger partial charge in [-0.2, -0.15) is 13.2 Å². The van der Waals surface area contributed by atoms with Gasteiger partial charge in [0.2, 0.25) is 5.91 Å². The fourth-order valence-electron chi connectivity index (χ4n) is 2.91. The summed E-state index contributed by atoms with van der Waals surface area (Å²) in [6.45, 7) is -0.541. The van der Waals surface area contributed by atoms with E-state index >= 15 is 0 Å². The quantitative estimate of drug-likeness (QED) is 0.816. The van der Waals surface area contributed by atoms with Gasteiger partial charge in [-0.1, -0.05) is 12.1 Å². The third kappa shape index (κ3) is 5.25. The van der Waals surface area contributed by atoms with Gasteiger partial charge in [-0.25, -0.2) is 0 Å². The van der Waals surface area contributed by atoms with E-state index in [1.807, 2.05) is 0 Å². The third-order valence-corrected chi connectivity index (χ3v) is 4.27. The van der Waals surface area contributed by atoms with Crippen LogP contribution in [-0.4, -0.2) is 31.1 Å². The predicted molar refractivity (Wildman–Crippen MR) is 97.2 cm³/mol. The van der Waals surface area contributed by atoms with Crippen LogP contribution in [0.2, 0.25) is 0 Å². The van der Waals surface area contributed by atoms with E-state index in [9.17, 15) is 22.8 Å². The largest absolute Gasteiger partial charge is 0.484 e. The third-order valence-electron chi connectivity index (χ3n) is 4.27. The molecule has 2 amide bonds. The molecule has 148 valence electrons. The van der Waals surface area contributed by atoms with Crippen molar-refractivity contribution >= 4 is 17.5 Å². The second kappa shape index (κ2) is 8.33. The number of anilines is 1. The van der Waals surface area contributed by atoms with E-state index in [0.29, 0.717) is 24.1 Å². The molecule has 0 bridgehead atoms. The fourth-order valence-corrected chi connectivity index (χ4v) is 2.91. The average molecular weight is 392 g/mol. The zero-order valence-electron chi connectivity index (χ0n) is 15.0. The van der Waals surface area contributed by atoms with Crippen LogP contribution < -0.4 is 15.0 Å². The highest BCUT2D eigenvalue weighted by atomic mass is 19.4. The Morgan fingerprint density at radius 1 is 1.14 bits per heavy atom. The number of carbonyl (C=O) groups excluding carboxylic acids is 2. The molecule has 2 aromatic carbocycles. The Morgan fingerprint density at radius 2 is 1.89 bits per heavy atom. The molecule has 28 heavy (non-hydrogen) atoms. The number of benzene rings is 2. The van der Waals surface area contributed by atoms with E-state index in [0.717, 1.165) is 12.1 Å². The lowest BCUT2D eigenvalue weighted by atomic mass is 10.1. The second-order valence-electron chi connectivity index (χ2n) is 6.43. The minimum absolute atomic E-state index is 0.0739. The van der Waals surface area contributed by atoms with Crippen molar-refractivity contribution in [2.24, 2.45) is 0 Å². The molecule has 0 radical (unpaired) electrons. The SMILES string of the molecule is O=C(NCc1cccc(OCC(F)(F)F)c1)c1ccc(N2CCCC2=O)cc1.